The minimum absolute atomic E-state index is 0.0953. The fourth-order valence-corrected chi connectivity index (χ4v) is 3.79. The van der Waals surface area contributed by atoms with Gasteiger partial charge in [0, 0.05) is 27.7 Å². The Balaban J connectivity index is 2.73. The summed E-state index contributed by atoms with van der Waals surface area (Å²) in [6.07, 6.45) is -2.53. The van der Waals surface area contributed by atoms with Crippen molar-refractivity contribution in [2.24, 2.45) is 0 Å². The summed E-state index contributed by atoms with van der Waals surface area (Å²) in [7, 11) is 0. The Morgan fingerprint density at radius 1 is 0.763 bits per heavy atom. The van der Waals surface area contributed by atoms with E-state index >= 15 is 0 Å². The maximum absolute atomic E-state index is 12.3. The topological polar surface area (TPSA) is 134 Å². The first-order chi connectivity index (χ1) is 18.1. The Bertz CT molecular complexity index is 1090. The summed E-state index contributed by atoms with van der Waals surface area (Å²) >= 11 is 0. The Labute approximate surface area is 220 Å². The maximum atomic E-state index is 12.3. The van der Waals surface area contributed by atoms with E-state index < -0.39 is 54.8 Å². The van der Waals surface area contributed by atoms with Gasteiger partial charge in [0.25, 0.3) is 6.47 Å². The molecule has 0 heterocycles. The van der Waals surface area contributed by atoms with Crippen LogP contribution in [-0.2, 0) is 42.9 Å². The predicted octanol–water partition coefficient (Wildman–Crippen LogP) is 2.59. The summed E-state index contributed by atoms with van der Waals surface area (Å²) in [5, 5.41) is 2.74. The van der Waals surface area contributed by atoms with Crippen LogP contribution in [0, 0.1) is 0 Å². The summed E-state index contributed by atoms with van der Waals surface area (Å²) in [5.41, 5.74) is 2.26. The van der Waals surface area contributed by atoms with Crippen molar-refractivity contribution < 1.29 is 42.9 Å². The SMILES string of the molecule is CC(=O)N[C@@H](C=C(c1ccccc1)c1ccccc1)[C@@H](OC(C)=O)[C@H](OC(C)=O)[C@@H](COC(C)=O)OC=O. The molecule has 0 aliphatic carbocycles. The summed E-state index contributed by atoms with van der Waals surface area (Å²) in [6.45, 7) is 4.28. The van der Waals surface area contributed by atoms with Crippen molar-refractivity contribution in [1.82, 2.24) is 5.32 Å². The van der Waals surface area contributed by atoms with E-state index in [0.29, 0.717) is 5.57 Å². The molecule has 0 bridgehead atoms. The van der Waals surface area contributed by atoms with Crippen LogP contribution in [0.4, 0.5) is 0 Å². The van der Waals surface area contributed by atoms with Gasteiger partial charge in [-0.25, -0.2) is 0 Å². The molecule has 0 saturated carbocycles. The lowest BCUT2D eigenvalue weighted by Crippen LogP contribution is -2.55. The number of esters is 3. The lowest BCUT2D eigenvalue weighted by molar-refractivity contribution is -0.187. The van der Waals surface area contributed by atoms with Gasteiger partial charge in [-0.05, 0) is 22.8 Å². The van der Waals surface area contributed by atoms with Crippen LogP contribution in [0.2, 0.25) is 0 Å². The number of nitrogens with one attached hydrogen (secondary N) is 1. The van der Waals surface area contributed by atoms with Crippen LogP contribution in [-0.4, -0.2) is 61.2 Å². The van der Waals surface area contributed by atoms with E-state index in [-0.39, 0.29) is 6.47 Å². The highest BCUT2D eigenvalue weighted by Gasteiger charge is 2.42. The van der Waals surface area contributed by atoms with E-state index in [4.69, 9.17) is 18.9 Å². The third-order valence-corrected chi connectivity index (χ3v) is 5.22. The second kappa shape index (κ2) is 14.9. The van der Waals surface area contributed by atoms with Gasteiger partial charge in [0.15, 0.2) is 18.3 Å². The average Bonchev–Trinajstić information content (AvgIpc) is 2.87. The zero-order valence-electron chi connectivity index (χ0n) is 21.6. The maximum Gasteiger partial charge on any atom is 0.303 e. The van der Waals surface area contributed by atoms with Gasteiger partial charge >= 0.3 is 17.9 Å². The number of hydrogen-bond acceptors (Lipinski definition) is 9. The van der Waals surface area contributed by atoms with Crippen LogP contribution in [0.1, 0.15) is 38.8 Å². The van der Waals surface area contributed by atoms with Crippen molar-refractivity contribution in [3.8, 4) is 0 Å². The van der Waals surface area contributed by atoms with E-state index in [0.717, 1.165) is 31.9 Å². The largest absolute Gasteiger partial charge is 0.462 e. The minimum atomic E-state index is -1.46. The van der Waals surface area contributed by atoms with Crippen LogP contribution in [0.25, 0.3) is 5.57 Å². The molecular formula is C28H31NO9. The van der Waals surface area contributed by atoms with Gasteiger partial charge in [-0.1, -0.05) is 60.7 Å². The molecule has 0 spiro atoms. The van der Waals surface area contributed by atoms with E-state index in [9.17, 15) is 24.0 Å². The Kier molecular flexibility index (Phi) is 11.7. The molecule has 0 unspecified atom stereocenters. The summed E-state index contributed by atoms with van der Waals surface area (Å²) in [4.78, 5) is 59.4. The molecule has 202 valence electrons. The second-order valence-corrected chi connectivity index (χ2v) is 8.26. The van der Waals surface area contributed by atoms with Crippen molar-refractivity contribution in [2.45, 2.75) is 52.0 Å². The molecule has 0 radical (unpaired) electrons. The highest BCUT2D eigenvalue weighted by atomic mass is 16.6. The molecule has 10 nitrogen and oxygen atoms in total. The molecule has 0 aromatic heterocycles. The predicted molar refractivity (Wildman–Crippen MR) is 136 cm³/mol. The van der Waals surface area contributed by atoms with Gasteiger partial charge in [-0.15, -0.1) is 0 Å². The molecular weight excluding hydrogens is 494 g/mol. The van der Waals surface area contributed by atoms with Gasteiger partial charge < -0.3 is 24.3 Å². The smallest absolute Gasteiger partial charge is 0.303 e. The zero-order valence-corrected chi connectivity index (χ0v) is 21.6. The van der Waals surface area contributed by atoms with E-state index in [1.807, 2.05) is 60.7 Å². The van der Waals surface area contributed by atoms with Gasteiger partial charge in [-0.2, -0.15) is 0 Å². The molecule has 0 saturated heterocycles. The van der Waals surface area contributed by atoms with Crippen molar-refractivity contribution in [3.63, 3.8) is 0 Å². The summed E-state index contributed by atoms with van der Waals surface area (Å²) < 4.78 is 21.1. The fraction of sp³-hybridized carbons (Fsp3) is 0.321. The molecule has 0 aliphatic rings. The monoisotopic (exact) mass is 525 g/mol. The first-order valence-corrected chi connectivity index (χ1v) is 11.8. The van der Waals surface area contributed by atoms with E-state index in [2.05, 4.69) is 5.32 Å². The van der Waals surface area contributed by atoms with Gasteiger partial charge in [-0.3, -0.25) is 24.0 Å². The molecule has 0 aliphatic heterocycles. The first kappa shape index (κ1) is 29.8. The molecule has 1 amide bonds. The average molecular weight is 526 g/mol. The van der Waals surface area contributed by atoms with Crippen LogP contribution in [0.3, 0.4) is 0 Å². The molecule has 2 aromatic carbocycles. The molecule has 1 N–H and O–H groups in total. The summed E-state index contributed by atoms with van der Waals surface area (Å²) in [6, 6.07) is 17.5. The third kappa shape index (κ3) is 9.53. The normalized spacial score (nSPS) is 13.5. The molecule has 2 rings (SSSR count). The lowest BCUT2D eigenvalue weighted by atomic mass is 9.92. The van der Waals surface area contributed by atoms with E-state index in [1.54, 1.807) is 6.08 Å². The quantitative estimate of drug-likeness (QED) is 0.238. The highest BCUT2D eigenvalue weighted by molar-refractivity contribution is 5.81. The number of benzene rings is 2. The number of ether oxygens (including phenoxy) is 4. The molecule has 0 fully saturated rings. The Morgan fingerprint density at radius 3 is 1.68 bits per heavy atom. The first-order valence-electron chi connectivity index (χ1n) is 11.8. The summed E-state index contributed by atoms with van der Waals surface area (Å²) in [5.74, 6) is -2.69. The number of hydrogen-bond donors (Lipinski definition) is 1. The minimum Gasteiger partial charge on any atom is -0.462 e. The Morgan fingerprint density at radius 2 is 1.26 bits per heavy atom. The Hall–Kier alpha value is -4.47. The van der Waals surface area contributed by atoms with Gasteiger partial charge in [0.2, 0.25) is 5.91 Å². The van der Waals surface area contributed by atoms with Crippen molar-refractivity contribution in [3.05, 3.63) is 77.9 Å². The van der Waals surface area contributed by atoms with Crippen molar-refractivity contribution in [1.29, 1.82) is 0 Å². The van der Waals surface area contributed by atoms with Gasteiger partial charge in [0.05, 0.1) is 6.04 Å². The standard InChI is InChI=1S/C28H31NO9/c1-18(31)29-25(15-24(22-11-7-5-8-12-22)23-13-9-6-10-14-23)27(37-20(3)33)28(38-21(4)34)26(36-17-30)16-35-19(2)32/h5-15,17,25-28H,16H2,1-4H3,(H,29,31)/t25-,26+,27+,28+/m0/s1. The number of carbonyl (C=O) groups excluding carboxylic acids is 5. The number of amides is 1. The van der Waals surface area contributed by atoms with Crippen LogP contribution < -0.4 is 5.32 Å². The molecule has 2 aromatic rings. The highest BCUT2D eigenvalue weighted by Crippen LogP contribution is 2.27. The molecule has 4 atom stereocenters. The second-order valence-electron chi connectivity index (χ2n) is 8.26. The number of carbonyl (C=O) groups is 5. The van der Waals surface area contributed by atoms with Crippen LogP contribution >= 0.6 is 0 Å². The third-order valence-electron chi connectivity index (χ3n) is 5.22. The molecule has 10 heteroatoms. The fourth-order valence-electron chi connectivity index (χ4n) is 3.79. The number of rotatable bonds is 13. The van der Waals surface area contributed by atoms with Crippen molar-refractivity contribution in [2.75, 3.05) is 6.61 Å². The van der Waals surface area contributed by atoms with E-state index in [1.165, 1.54) is 6.92 Å². The molecule has 38 heavy (non-hydrogen) atoms. The zero-order chi connectivity index (χ0) is 28.1. The van der Waals surface area contributed by atoms with Crippen LogP contribution in [0.15, 0.2) is 66.7 Å². The van der Waals surface area contributed by atoms with Gasteiger partial charge in [0.1, 0.15) is 6.61 Å². The lowest BCUT2D eigenvalue weighted by Gasteiger charge is -2.35. The van der Waals surface area contributed by atoms with Crippen molar-refractivity contribution >= 4 is 35.9 Å². The van der Waals surface area contributed by atoms with Crippen LogP contribution in [0.5, 0.6) is 0 Å².